The van der Waals surface area contributed by atoms with Gasteiger partial charge < -0.3 is 70.3 Å². The van der Waals surface area contributed by atoms with Gasteiger partial charge in [-0.2, -0.15) is 0 Å². The summed E-state index contributed by atoms with van der Waals surface area (Å²) in [6.07, 6.45) is -2.87. The molecule has 10 amide bonds. The second-order valence-electron chi connectivity index (χ2n) is 25.4. The highest BCUT2D eigenvalue weighted by Crippen LogP contribution is 2.36. The third-order valence-electron chi connectivity index (χ3n) is 17.9. The molecule has 0 unspecified atom stereocenters. The number of ether oxygens (including phenoxy) is 2. The third-order valence-corrected chi connectivity index (χ3v) is 17.9. The van der Waals surface area contributed by atoms with E-state index >= 15 is 9.59 Å². The number of hydrogen-bond donors (Lipinski definition) is 5. The Bertz CT molecular complexity index is 3530. The highest BCUT2D eigenvalue weighted by molar-refractivity contribution is 6.11. The van der Waals surface area contributed by atoms with Crippen LogP contribution in [0.3, 0.4) is 0 Å². The van der Waals surface area contributed by atoms with Crippen LogP contribution in [0, 0.1) is 31.6 Å². The number of esters is 2. The predicted octanol–water partition coefficient (Wildman–Crippen LogP) is 0.0455. The molecule has 12 atom stereocenters. The summed E-state index contributed by atoms with van der Waals surface area (Å²) >= 11 is 0. The highest BCUT2D eigenvalue weighted by Gasteiger charge is 2.50. The SMILES string of the molecule is Cc1c2oc3c(C)ccc(C(=O)N[C@@H]4C(=O)N[C@@H](C(C)C)C(=O)N5[C@H](C)CC[C@@H]5C(=O)N(C)CC(=O)N(C)[C@@H](C(C)C)C(=O)O[C@H]4C)c3nc-2c(C(=O)N[C@H]2C(=O)N[C@H](C(C)C)C(=O)N3[C@H](CC(=O)[C@@H]3C)C(=O)N(C)CC(=O)N(C)[C@@H](C)C(=O)O[C@H]2C)c(N)c1=O. The van der Waals surface area contributed by atoms with E-state index in [-0.39, 0.29) is 34.4 Å². The van der Waals surface area contributed by atoms with Crippen LogP contribution in [0.5, 0.6) is 0 Å². The molecule has 4 saturated heterocycles. The number of hydrogen-bond acceptors (Lipinski definition) is 19. The summed E-state index contributed by atoms with van der Waals surface area (Å²) < 4.78 is 18.1. The van der Waals surface area contributed by atoms with Crippen LogP contribution in [0.15, 0.2) is 21.3 Å². The second kappa shape index (κ2) is 27.2. The Morgan fingerprint density at radius 3 is 1.67 bits per heavy atom. The molecule has 0 bridgehead atoms. The van der Waals surface area contributed by atoms with Crippen molar-refractivity contribution in [2.24, 2.45) is 17.8 Å². The van der Waals surface area contributed by atoms with E-state index in [9.17, 15) is 57.5 Å². The van der Waals surface area contributed by atoms with Gasteiger partial charge in [0, 0.05) is 46.2 Å². The number of benzene rings is 2. The smallest absolute Gasteiger partial charge is 0.329 e. The summed E-state index contributed by atoms with van der Waals surface area (Å²) in [5, 5.41) is 10.5. The average Bonchev–Trinajstić information content (AvgIpc) is 1.42. The van der Waals surface area contributed by atoms with Crippen LogP contribution in [0.4, 0.5) is 5.69 Å². The zero-order chi connectivity index (χ0) is 68.0. The molecule has 0 spiro atoms. The van der Waals surface area contributed by atoms with Crippen molar-refractivity contribution in [3.63, 3.8) is 0 Å². The minimum absolute atomic E-state index is 0.0999. The second-order valence-corrected chi connectivity index (χ2v) is 25.4. The maximum absolute atomic E-state index is 15.1. The Kier molecular flexibility index (Phi) is 20.7. The molecular weight excluding hydrogens is 1180 g/mol. The lowest BCUT2D eigenvalue weighted by Gasteiger charge is -2.37. The van der Waals surface area contributed by atoms with Crippen molar-refractivity contribution in [2.45, 2.75) is 182 Å². The zero-order valence-electron chi connectivity index (χ0n) is 54.5. The highest BCUT2D eigenvalue weighted by atomic mass is 16.6. The number of nitrogens with zero attached hydrogens (tertiary/aromatic N) is 7. The Morgan fingerprint density at radius 1 is 0.626 bits per heavy atom. The van der Waals surface area contributed by atoms with Crippen LogP contribution in [0.1, 0.15) is 127 Å². The van der Waals surface area contributed by atoms with Crippen LogP contribution in [-0.4, -0.2) is 225 Å². The predicted molar refractivity (Wildman–Crippen MR) is 326 cm³/mol. The lowest BCUT2D eigenvalue weighted by atomic mass is 9.98. The van der Waals surface area contributed by atoms with Crippen LogP contribution >= 0.6 is 0 Å². The number of carbonyl (C=O) groups is 13. The lowest BCUT2D eigenvalue weighted by Crippen LogP contribution is -2.62. The molecule has 29 nitrogen and oxygen atoms in total. The molecule has 5 aliphatic heterocycles. The molecular formula is C62H84N12O17. The van der Waals surface area contributed by atoms with Crippen LogP contribution in [0.25, 0.3) is 22.6 Å². The fraction of sp³-hybridized carbons (Fsp3) is 0.597. The van der Waals surface area contributed by atoms with E-state index in [4.69, 9.17) is 24.6 Å². The average molecular weight is 1270 g/mol. The molecule has 1 aromatic rings. The molecule has 7 rings (SSSR count). The van der Waals surface area contributed by atoms with Crippen LogP contribution in [-0.2, 0) is 62.2 Å². The number of nitrogen functional groups attached to an aromatic ring is 1. The summed E-state index contributed by atoms with van der Waals surface area (Å²) in [5.41, 5.74) is 3.27. The Balaban J connectivity index is 1.32. The van der Waals surface area contributed by atoms with Gasteiger partial charge in [0.2, 0.25) is 52.7 Å². The van der Waals surface area contributed by atoms with Crippen LogP contribution < -0.4 is 32.4 Å². The third kappa shape index (κ3) is 13.6. The Hall–Kier alpha value is -9.05. The van der Waals surface area contributed by atoms with Gasteiger partial charge in [-0.1, -0.05) is 47.6 Å². The zero-order valence-corrected chi connectivity index (χ0v) is 54.5. The first kappa shape index (κ1) is 69.4. The van der Waals surface area contributed by atoms with Gasteiger partial charge in [0.15, 0.2) is 17.1 Å². The van der Waals surface area contributed by atoms with Gasteiger partial charge in [0.05, 0.1) is 35.9 Å². The van der Waals surface area contributed by atoms with E-state index in [0.717, 1.165) is 19.6 Å². The first-order chi connectivity index (χ1) is 42.4. The van der Waals surface area contributed by atoms with Crippen molar-refractivity contribution >= 4 is 93.6 Å². The van der Waals surface area contributed by atoms with E-state index in [1.54, 1.807) is 55.4 Å². The minimum atomic E-state index is -1.96. The normalized spacial score (nSPS) is 27.7. The van der Waals surface area contributed by atoms with Gasteiger partial charge >= 0.3 is 11.9 Å². The van der Waals surface area contributed by atoms with Gasteiger partial charge in [-0.25, -0.2) is 14.6 Å². The summed E-state index contributed by atoms with van der Waals surface area (Å²) in [6.45, 7) is 18.8. The molecule has 0 saturated carbocycles. The number of nitrogens with one attached hydrogen (secondary N) is 4. The van der Waals surface area contributed by atoms with Crippen molar-refractivity contribution in [1.82, 2.24) is 55.7 Å². The van der Waals surface area contributed by atoms with Gasteiger partial charge in [-0.05, 0) is 90.7 Å². The first-order valence-electron chi connectivity index (χ1n) is 30.4. The number of fused-ring (bicyclic) bond motifs is 4. The number of carbonyl (C=O) groups excluding carboxylic acids is 13. The summed E-state index contributed by atoms with van der Waals surface area (Å²) in [6, 6.07) is -10.4. The van der Waals surface area contributed by atoms with E-state index in [2.05, 4.69) is 21.3 Å². The first-order valence-corrected chi connectivity index (χ1v) is 30.4. The van der Waals surface area contributed by atoms with Crippen molar-refractivity contribution in [1.29, 1.82) is 0 Å². The standard InChI is InChI=1S/C62H84N12O17/c1-25(2)43-59(85)73-29(8)19-21-36(73)57(83)69(14)24-40(77)72(17)49(27(5)6)62(88)90-34(13)45(55(81)65-43)67-53(79)35-20-18-28(7)51-47(35)64-48-41(42(63)50(78)30(9)52(48)91-51)54(80)68-46-33(12)89-61(87)32(11)71(16)39(76)23-70(15)58(84)37-22-38(75)31(10)74(37)60(86)44(26(3)4)66-56(46)82/h18,20,25-27,29,31-34,36-37,43-46,49H,19,21-24,63H2,1-17H3,(H,65,81)(H,66,82)(H,67,79)(H,68,80)/t29-,31+,32+,33+,34+,36-,37-,43+,44-,45+,46-,49+/m1/s1. The molecule has 4 fully saturated rings. The van der Waals surface area contributed by atoms with Crippen LogP contribution in [0.2, 0.25) is 0 Å². The Labute approximate surface area is 526 Å². The fourth-order valence-corrected chi connectivity index (χ4v) is 12.1. The number of aryl methyl sites for hydroxylation is 1. The summed E-state index contributed by atoms with van der Waals surface area (Å²) in [5.74, 6) is -13.3. The minimum Gasteiger partial charge on any atom is -0.458 e. The summed E-state index contributed by atoms with van der Waals surface area (Å²) in [7, 11) is 5.37. The van der Waals surface area contributed by atoms with Gasteiger partial charge in [0.1, 0.15) is 71.8 Å². The molecule has 1 aliphatic carbocycles. The molecule has 6 aliphatic rings. The number of cyclic esters (lactones) is 2. The van der Waals surface area contributed by atoms with Crippen molar-refractivity contribution < 1.29 is 76.2 Å². The van der Waals surface area contributed by atoms with E-state index in [0.29, 0.717) is 12.0 Å². The number of nitrogens with two attached hydrogens (primary N) is 1. The monoisotopic (exact) mass is 1270 g/mol. The fourth-order valence-electron chi connectivity index (χ4n) is 12.1. The van der Waals surface area contributed by atoms with E-state index in [1.807, 2.05) is 0 Å². The topological polar surface area (TPSA) is 377 Å². The van der Waals surface area contributed by atoms with Crippen molar-refractivity contribution in [3.8, 4) is 11.5 Å². The maximum Gasteiger partial charge on any atom is 0.329 e. The molecule has 494 valence electrons. The van der Waals surface area contributed by atoms with Gasteiger partial charge in [-0.3, -0.25) is 57.5 Å². The van der Waals surface area contributed by atoms with Gasteiger partial charge in [0.25, 0.3) is 11.8 Å². The molecule has 0 radical (unpaired) electrons. The van der Waals surface area contributed by atoms with Crippen molar-refractivity contribution in [3.05, 3.63) is 44.6 Å². The Morgan fingerprint density at radius 2 is 1.13 bits per heavy atom. The number of rotatable bonds is 7. The van der Waals surface area contributed by atoms with Gasteiger partial charge in [-0.15, -0.1) is 0 Å². The summed E-state index contributed by atoms with van der Waals surface area (Å²) in [4.78, 5) is 212. The number of likely N-dealkylation sites (N-methyl/N-ethyl adjacent to an activating group) is 4. The number of amides is 10. The van der Waals surface area contributed by atoms with E-state index in [1.165, 1.54) is 84.7 Å². The number of Topliss-reactive ketones (excluding diaryl/α,β-unsaturated/α-hetero) is 1. The molecule has 5 heterocycles. The number of aromatic nitrogens is 1. The number of ketones is 1. The molecule has 29 heteroatoms. The quantitative estimate of drug-likeness (QED) is 0.118. The molecule has 91 heavy (non-hydrogen) atoms. The molecule has 1 aromatic carbocycles. The molecule has 6 N–H and O–H groups in total. The maximum atomic E-state index is 15.1. The largest absolute Gasteiger partial charge is 0.458 e. The molecule has 0 aromatic heterocycles. The lowest BCUT2D eigenvalue weighted by molar-refractivity contribution is -0.163. The number of anilines is 1. The van der Waals surface area contributed by atoms with Crippen molar-refractivity contribution in [2.75, 3.05) is 47.0 Å². The van der Waals surface area contributed by atoms with E-state index < -0.39 is 209 Å².